The summed E-state index contributed by atoms with van der Waals surface area (Å²) in [6, 6.07) is 11.2. The van der Waals surface area contributed by atoms with Crippen molar-refractivity contribution in [3.8, 4) is 28.5 Å². The van der Waals surface area contributed by atoms with Crippen LogP contribution in [0.15, 0.2) is 51.8 Å². The molecule has 0 saturated heterocycles. The van der Waals surface area contributed by atoms with Crippen LogP contribution in [0.2, 0.25) is 0 Å². The summed E-state index contributed by atoms with van der Waals surface area (Å²) in [6.07, 6.45) is 0. The van der Waals surface area contributed by atoms with Gasteiger partial charge in [-0.05, 0) is 50.2 Å². The number of methoxy groups -OCH3 is 3. The van der Waals surface area contributed by atoms with Crippen molar-refractivity contribution in [2.75, 3.05) is 26.6 Å². The minimum Gasteiger partial charge on any atom is -0.497 e. The van der Waals surface area contributed by atoms with E-state index >= 15 is 0 Å². The van der Waals surface area contributed by atoms with E-state index in [0.29, 0.717) is 39.8 Å². The Hall–Kier alpha value is -4.34. The summed E-state index contributed by atoms with van der Waals surface area (Å²) < 4.78 is 22.1. The number of ether oxygens (including phenoxy) is 3. The number of anilines is 1. The molecule has 2 aromatic heterocycles. The van der Waals surface area contributed by atoms with Gasteiger partial charge in [0.15, 0.2) is 17.0 Å². The second kappa shape index (κ2) is 9.26. The van der Waals surface area contributed by atoms with Gasteiger partial charge in [0.05, 0.1) is 26.7 Å². The topological polar surface area (TPSA) is 118 Å². The van der Waals surface area contributed by atoms with Crippen LogP contribution in [0.4, 0.5) is 5.69 Å². The minimum absolute atomic E-state index is 0.101. The van der Waals surface area contributed by atoms with E-state index in [4.69, 9.17) is 18.7 Å². The number of aromatic nitrogens is 3. The number of benzene rings is 2. The van der Waals surface area contributed by atoms with Gasteiger partial charge in [-0.15, -0.1) is 0 Å². The maximum Gasteiger partial charge on any atom is 0.297 e. The monoisotopic (exact) mass is 464 g/mol. The van der Waals surface area contributed by atoms with Crippen LogP contribution < -0.4 is 25.1 Å². The zero-order chi connectivity index (χ0) is 24.4. The molecule has 4 rings (SSSR count). The van der Waals surface area contributed by atoms with Crippen molar-refractivity contribution >= 4 is 22.5 Å². The molecule has 10 heteroatoms. The molecule has 2 heterocycles. The Balaban J connectivity index is 1.74. The lowest BCUT2D eigenvalue weighted by atomic mass is 10.1. The highest BCUT2D eigenvalue weighted by Crippen LogP contribution is 2.31. The fourth-order valence-corrected chi connectivity index (χ4v) is 3.59. The van der Waals surface area contributed by atoms with Crippen LogP contribution in [-0.4, -0.2) is 42.2 Å². The predicted molar refractivity (Wildman–Crippen MR) is 126 cm³/mol. The van der Waals surface area contributed by atoms with Gasteiger partial charge >= 0.3 is 0 Å². The van der Waals surface area contributed by atoms with Crippen LogP contribution in [0.3, 0.4) is 0 Å². The maximum atomic E-state index is 13.1. The average Bonchev–Trinajstić information content (AvgIpc) is 3.26. The lowest BCUT2D eigenvalue weighted by Gasteiger charge is -2.16. The van der Waals surface area contributed by atoms with Gasteiger partial charge in [0.2, 0.25) is 5.91 Å². The van der Waals surface area contributed by atoms with E-state index in [2.05, 4.69) is 15.6 Å². The van der Waals surface area contributed by atoms with Crippen molar-refractivity contribution in [2.24, 2.45) is 0 Å². The number of nitrogens with one attached hydrogen (secondary N) is 1. The zero-order valence-corrected chi connectivity index (χ0v) is 19.4. The molecule has 34 heavy (non-hydrogen) atoms. The summed E-state index contributed by atoms with van der Waals surface area (Å²) in [5, 5.41) is 11.8. The summed E-state index contributed by atoms with van der Waals surface area (Å²) in [5.74, 6) is 1.69. The van der Waals surface area contributed by atoms with E-state index in [0.717, 1.165) is 10.2 Å². The zero-order valence-electron chi connectivity index (χ0n) is 19.4. The van der Waals surface area contributed by atoms with Gasteiger partial charge in [0, 0.05) is 17.3 Å². The van der Waals surface area contributed by atoms with Crippen LogP contribution in [0.5, 0.6) is 17.2 Å². The highest BCUT2D eigenvalue weighted by Gasteiger charge is 2.24. The van der Waals surface area contributed by atoms with Crippen molar-refractivity contribution in [2.45, 2.75) is 19.9 Å². The molecule has 0 saturated carbocycles. The fraction of sp³-hybridized carbons (Fsp3) is 0.250. The second-order valence-corrected chi connectivity index (χ2v) is 7.52. The van der Waals surface area contributed by atoms with Crippen molar-refractivity contribution in [3.63, 3.8) is 0 Å². The molecule has 10 nitrogen and oxygen atoms in total. The van der Waals surface area contributed by atoms with E-state index < -0.39 is 17.5 Å². The Morgan fingerprint density at radius 1 is 1.03 bits per heavy atom. The first-order valence-electron chi connectivity index (χ1n) is 10.4. The Morgan fingerprint density at radius 3 is 2.38 bits per heavy atom. The molecule has 1 amide bonds. The number of hydrogen-bond acceptors (Lipinski definition) is 8. The van der Waals surface area contributed by atoms with Crippen LogP contribution in [-0.2, 0) is 4.79 Å². The Bertz CT molecular complexity index is 1410. The lowest BCUT2D eigenvalue weighted by Crippen LogP contribution is -2.34. The summed E-state index contributed by atoms with van der Waals surface area (Å²) in [4.78, 5) is 26.2. The number of nitrogens with zero attached hydrogens (tertiary/aromatic N) is 3. The molecule has 4 aromatic rings. The van der Waals surface area contributed by atoms with Crippen molar-refractivity contribution in [1.29, 1.82) is 0 Å². The number of fused-ring (bicyclic) bond motifs is 1. The molecule has 0 bridgehead atoms. The van der Waals surface area contributed by atoms with Gasteiger partial charge in [-0.3, -0.25) is 9.59 Å². The quantitative estimate of drug-likeness (QED) is 0.441. The third-order valence-corrected chi connectivity index (χ3v) is 5.48. The summed E-state index contributed by atoms with van der Waals surface area (Å²) >= 11 is 0. The van der Waals surface area contributed by atoms with Crippen LogP contribution in [0.1, 0.15) is 18.7 Å². The van der Waals surface area contributed by atoms with E-state index in [-0.39, 0.29) is 5.52 Å². The molecule has 0 radical (unpaired) electrons. The molecular formula is C24H24N4O6. The number of aryl methyl sites for hydroxylation is 1. The molecule has 0 aliphatic heterocycles. The average molecular weight is 464 g/mol. The SMILES string of the molecule is COc1ccc(-c2nn(C(C)C(=O)Nc3ccc(OC)c(OC)c3)c(=O)c3noc(C)c23)cc1. The third-order valence-electron chi connectivity index (χ3n) is 5.48. The van der Waals surface area contributed by atoms with Gasteiger partial charge in [-0.1, -0.05) is 5.16 Å². The molecule has 0 aliphatic carbocycles. The van der Waals surface area contributed by atoms with Gasteiger partial charge in [0.1, 0.15) is 23.2 Å². The standard InChI is InChI=1S/C24H24N4O6/c1-13(23(29)25-16-8-11-18(32-4)19(12-16)33-5)28-24(30)22-20(14(2)34-27-22)21(26-28)15-6-9-17(31-3)10-7-15/h6-13H,1-5H3,(H,25,29). The Morgan fingerprint density at radius 2 is 1.74 bits per heavy atom. The van der Waals surface area contributed by atoms with Crippen LogP contribution in [0, 0.1) is 6.92 Å². The molecule has 0 aliphatic rings. The summed E-state index contributed by atoms with van der Waals surface area (Å²) in [5.41, 5.74) is 1.25. The summed E-state index contributed by atoms with van der Waals surface area (Å²) in [6.45, 7) is 3.29. The molecule has 1 unspecified atom stereocenters. The van der Waals surface area contributed by atoms with Crippen LogP contribution in [0.25, 0.3) is 22.2 Å². The van der Waals surface area contributed by atoms with Gasteiger partial charge in [-0.25, -0.2) is 4.68 Å². The fourth-order valence-electron chi connectivity index (χ4n) is 3.59. The highest BCUT2D eigenvalue weighted by molar-refractivity contribution is 5.95. The number of rotatable bonds is 7. The van der Waals surface area contributed by atoms with Crippen LogP contribution >= 0.6 is 0 Å². The first kappa shape index (κ1) is 22.8. The van der Waals surface area contributed by atoms with Crippen molar-refractivity contribution < 1.29 is 23.5 Å². The van der Waals surface area contributed by atoms with E-state index in [1.54, 1.807) is 51.3 Å². The molecule has 2 aromatic carbocycles. The van der Waals surface area contributed by atoms with E-state index in [1.165, 1.54) is 14.2 Å². The van der Waals surface area contributed by atoms with Crippen molar-refractivity contribution in [3.05, 3.63) is 58.6 Å². The first-order valence-corrected chi connectivity index (χ1v) is 10.4. The Labute approximate surface area is 195 Å². The van der Waals surface area contributed by atoms with Gasteiger partial charge < -0.3 is 24.1 Å². The maximum absolute atomic E-state index is 13.1. The van der Waals surface area contributed by atoms with Gasteiger partial charge in [-0.2, -0.15) is 5.10 Å². The number of amides is 1. The predicted octanol–water partition coefficient (Wildman–Crippen LogP) is 3.59. The minimum atomic E-state index is -0.945. The molecule has 0 fully saturated rings. The largest absolute Gasteiger partial charge is 0.497 e. The van der Waals surface area contributed by atoms with Crippen molar-refractivity contribution in [1.82, 2.24) is 14.9 Å². The molecule has 176 valence electrons. The highest BCUT2D eigenvalue weighted by atomic mass is 16.5. The molecule has 1 N–H and O–H groups in total. The number of carbonyl (C=O) groups excluding carboxylic acids is 1. The molecule has 1 atom stereocenters. The lowest BCUT2D eigenvalue weighted by molar-refractivity contribution is -0.119. The summed E-state index contributed by atoms with van der Waals surface area (Å²) in [7, 11) is 4.61. The number of carbonyl (C=O) groups is 1. The van der Waals surface area contributed by atoms with E-state index in [1.807, 2.05) is 12.1 Å². The molecular weight excluding hydrogens is 440 g/mol. The third kappa shape index (κ3) is 4.05. The second-order valence-electron chi connectivity index (χ2n) is 7.52. The van der Waals surface area contributed by atoms with Gasteiger partial charge in [0.25, 0.3) is 5.56 Å². The molecule has 0 spiro atoms. The Kier molecular flexibility index (Phi) is 6.22. The van der Waals surface area contributed by atoms with E-state index in [9.17, 15) is 9.59 Å². The first-order chi connectivity index (χ1) is 16.4. The smallest absolute Gasteiger partial charge is 0.297 e. The normalized spacial score (nSPS) is 11.8. The number of hydrogen-bond donors (Lipinski definition) is 1.